The normalized spacial score (nSPS) is 19.6. The molecule has 0 saturated carbocycles. The van der Waals surface area contributed by atoms with E-state index in [1.54, 1.807) is 26.2 Å². The number of rotatable bonds is 3. The highest BCUT2D eigenvalue weighted by atomic mass is 16.4. The molecule has 1 aromatic carbocycles. The summed E-state index contributed by atoms with van der Waals surface area (Å²) in [6.07, 6.45) is 2.69. The molecular formula is C17H21N3O4. The number of anilines is 2. The second-order valence-corrected chi connectivity index (χ2v) is 6.43. The molecule has 1 N–H and O–H groups in total. The van der Waals surface area contributed by atoms with Gasteiger partial charge < -0.3 is 14.9 Å². The van der Waals surface area contributed by atoms with E-state index in [2.05, 4.69) is 0 Å². The van der Waals surface area contributed by atoms with Crippen molar-refractivity contribution in [3.05, 3.63) is 23.8 Å². The molecule has 24 heavy (non-hydrogen) atoms. The topological polar surface area (TPSA) is 81.2 Å². The van der Waals surface area contributed by atoms with E-state index >= 15 is 0 Å². The van der Waals surface area contributed by atoms with Crippen molar-refractivity contribution in [1.82, 2.24) is 4.90 Å². The van der Waals surface area contributed by atoms with Crippen molar-refractivity contribution in [2.24, 2.45) is 0 Å². The van der Waals surface area contributed by atoms with Crippen LogP contribution in [0.5, 0.6) is 0 Å². The summed E-state index contributed by atoms with van der Waals surface area (Å²) < 4.78 is 0. The number of aliphatic carboxylic acids is 1. The molecule has 0 aromatic heterocycles. The summed E-state index contributed by atoms with van der Waals surface area (Å²) in [5.74, 6) is -1.44. The van der Waals surface area contributed by atoms with E-state index in [-0.39, 0.29) is 17.9 Å². The van der Waals surface area contributed by atoms with E-state index in [4.69, 9.17) is 0 Å². The van der Waals surface area contributed by atoms with Crippen LogP contribution in [0.15, 0.2) is 18.2 Å². The molecule has 128 valence electrons. The molecular weight excluding hydrogens is 310 g/mol. The molecule has 2 aliphatic heterocycles. The summed E-state index contributed by atoms with van der Waals surface area (Å²) in [6.45, 7) is 0.376. The van der Waals surface area contributed by atoms with Crippen LogP contribution in [0, 0.1) is 0 Å². The molecule has 1 atom stereocenters. The highest BCUT2D eigenvalue weighted by Gasteiger charge is 2.40. The van der Waals surface area contributed by atoms with Crippen molar-refractivity contribution >= 4 is 29.2 Å². The number of nitrogens with zero attached hydrogens (tertiary/aromatic N) is 3. The summed E-state index contributed by atoms with van der Waals surface area (Å²) in [5, 5.41) is 9.19. The maximum absolute atomic E-state index is 12.8. The third kappa shape index (κ3) is 2.70. The molecule has 7 heteroatoms. The molecule has 1 aromatic rings. The summed E-state index contributed by atoms with van der Waals surface area (Å²) in [4.78, 5) is 41.0. The van der Waals surface area contributed by atoms with Gasteiger partial charge in [0.05, 0.1) is 11.4 Å². The second kappa shape index (κ2) is 6.14. The van der Waals surface area contributed by atoms with Gasteiger partial charge in [-0.3, -0.25) is 19.3 Å². The smallest absolute Gasteiger partial charge is 0.323 e. The average molecular weight is 331 g/mol. The van der Waals surface area contributed by atoms with E-state index in [9.17, 15) is 19.5 Å². The van der Waals surface area contributed by atoms with Crippen LogP contribution in [0.2, 0.25) is 0 Å². The van der Waals surface area contributed by atoms with E-state index < -0.39 is 12.5 Å². The van der Waals surface area contributed by atoms with Gasteiger partial charge in [-0.25, -0.2) is 0 Å². The molecule has 1 saturated heterocycles. The van der Waals surface area contributed by atoms with Crippen molar-refractivity contribution in [2.75, 3.05) is 37.0 Å². The van der Waals surface area contributed by atoms with Crippen LogP contribution in [0.25, 0.3) is 0 Å². The van der Waals surface area contributed by atoms with Crippen LogP contribution in [-0.4, -0.2) is 61.0 Å². The lowest BCUT2D eigenvalue weighted by Gasteiger charge is -2.45. The molecule has 2 heterocycles. The van der Waals surface area contributed by atoms with Crippen LogP contribution < -0.4 is 9.80 Å². The van der Waals surface area contributed by atoms with Crippen molar-refractivity contribution in [1.29, 1.82) is 0 Å². The zero-order chi connectivity index (χ0) is 17.4. The Labute approximate surface area is 140 Å². The fourth-order valence-electron chi connectivity index (χ4n) is 3.45. The van der Waals surface area contributed by atoms with Gasteiger partial charge in [-0.05, 0) is 37.5 Å². The van der Waals surface area contributed by atoms with E-state index in [0.717, 1.165) is 31.5 Å². The summed E-state index contributed by atoms with van der Waals surface area (Å²) in [6, 6.07) is 4.89. The Morgan fingerprint density at radius 1 is 1.25 bits per heavy atom. The number of fused-ring (bicyclic) bond motifs is 3. The minimum absolute atomic E-state index is 0.179. The number of hydrogen-bond donors (Lipinski definition) is 1. The Kier molecular flexibility index (Phi) is 4.17. The lowest BCUT2D eigenvalue weighted by atomic mass is 9.95. The number of hydrogen-bond acceptors (Lipinski definition) is 4. The quantitative estimate of drug-likeness (QED) is 0.899. The third-order valence-electron chi connectivity index (χ3n) is 4.58. The Bertz CT molecular complexity index is 701. The van der Waals surface area contributed by atoms with Crippen molar-refractivity contribution in [3.63, 3.8) is 0 Å². The standard InChI is InChI=1S/C17H21N3O4/c1-18(2)16(23)11-6-7-12-14(9-11)20(10-15(21)22)17(24)13-5-3-4-8-19(12)13/h6-7,9,13H,3-5,8,10H2,1-2H3,(H,21,22). The number of amides is 2. The molecule has 0 bridgehead atoms. The van der Waals surface area contributed by atoms with Crippen molar-refractivity contribution in [3.8, 4) is 0 Å². The zero-order valence-electron chi connectivity index (χ0n) is 13.9. The van der Waals surface area contributed by atoms with E-state index in [1.165, 1.54) is 9.80 Å². The SMILES string of the molecule is CN(C)C(=O)c1ccc2c(c1)N(CC(=O)O)C(=O)C1CCCCN21. The number of carbonyl (C=O) groups is 3. The summed E-state index contributed by atoms with van der Waals surface area (Å²) in [7, 11) is 3.31. The van der Waals surface area contributed by atoms with Crippen LogP contribution in [0.3, 0.4) is 0 Å². The van der Waals surface area contributed by atoms with Crippen molar-refractivity contribution < 1.29 is 19.5 Å². The van der Waals surface area contributed by atoms with Crippen LogP contribution >= 0.6 is 0 Å². The monoisotopic (exact) mass is 331 g/mol. The third-order valence-corrected chi connectivity index (χ3v) is 4.58. The fourth-order valence-corrected chi connectivity index (χ4v) is 3.45. The molecule has 0 spiro atoms. The minimum Gasteiger partial charge on any atom is -0.480 e. The Morgan fingerprint density at radius 3 is 2.67 bits per heavy atom. The highest BCUT2D eigenvalue weighted by Crippen LogP contribution is 2.40. The van der Waals surface area contributed by atoms with Gasteiger partial charge in [-0.15, -0.1) is 0 Å². The van der Waals surface area contributed by atoms with Gasteiger partial charge in [0.15, 0.2) is 0 Å². The Morgan fingerprint density at radius 2 is 2.00 bits per heavy atom. The lowest BCUT2D eigenvalue weighted by molar-refractivity contribution is -0.137. The lowest BCUT2D eigenvalue weighted by Crippen LogP contribution is -2.56. The number of carboxylic acid groups (broad SMARTS) is 1. The van der Waals surface area contributed by atoms with Gasteiger partial charge in [0.25, 0.3) is 5.91 Å². The van der Waals surface area contributed by atoms with E-state index in [1.807, 2.05) is 11.0 Å². The number of carboxylic acids is 1. The number of carbonyl (C=O) groups excluding carboxylic acids is 2. The molecule has 0 aliphatic carbocycles. The van der Waals surface area contributed by atoms with Gasteiger partial charge in [0.2, 0.25) is 5.91 Å². The van der Waals surface area contributed by atoms with Crippen LogP contribution in [-0.2, 0) is 9.59 Å². The molecule has 2 aliphatic rings. The number of piperidine rings is 1. The van der Waals surface area contributed by atoms with Crippen LogP contribution in [0.4, 0.5) is 11.4 Å². The molecule has 1 unspecified atom stereocenters. The fraction of sp³-hybridized carbons (Fsp3) is 0.471. The van der Waals surface area contributed by atoms with E-state index in [0.29, 0.717) is 11.3 Å². The minimum atomic E-state index is -1.07. The van der Waals surface area contributed by atoms with Gasteiger partial charge in [-0.2, -0.15) is 0 Å². The first-order valence-electron chi connectivity index (χ1n) is 8.05. The molecule has 1 fully saturated rings. The maximum Gasteiger partial charge on any atom is 0.323 e. The predicted molar refractivity (Wildman–Crippen MR) is 89.4 cm³/mol. The van der Waals surface area contributed by atoms with Gasteiger partial charge in [-0.1, -0.05) is 0 Å². The molecule has 7 nitrogen and oxygen atoms in total. The van der Waals surface area contributed by atoms with Crippen LogP contribution in [0.1, 0.15) is 29.6 Å². The Hall–Kier alpha value is -2.57. The average Bonchev–Trinajstić information content (AvgIpc) is 2.57. The van der Waals surface area contributed by atoms with Gasteiger partial charge >= 0.3 is 5.97 Å². The molecule has 0 radical (unpaired) electrons. The largest absolute Gasteiger partial charge is 0.480 e. The first kappa shape index (κ1) is 16.3. The predicted octanol–water partition coefficient (Wildman–Crippen LogP) is 1.18. The molecule has 3 rings (SSSR count). The maximum atomic E-state index is 12.8. The first-order valence-corrected chi connectivity index (χ1v) is 8.05. The number of benzene rings is 1. The van der Waals surface area contributed by atoms with Crippen molar-refractivity contribution in [2.45, 2.75) is 25.3 Å². The van der Waals surface area contributed by atoms with Gasteiger partial charge in [0.1, 0.15) is 12.6 Å². The summed E-state index contributed by atoms with van der Waals surface area (Å²) >= 11 is 0. The first-order chi connectivity index (χ1) is 11.4. The van der Waals surface area contributed by atoms with Gasteiger partial charge in [0, 0.05) is 26.2 Å². The zero-order valence-corrected chi connectivity index (χ0v) is 13.9. The summed E-state index contributed by atoms with van der Waals surface area (Å²) in [5.41, 5.74) is 1.78. The Balaban J connectivity index is 2.09. The highest BCUT2D eigenvalue weighted by molar-refractivity contribution is 6.09. The molecule has 2 amide bonds. The second-order valence-electron chi connectivity index (χ2n) is 6.43.